The van der Waals surface area contributed by atoms with Gasteiger partial charge in [0.25, 0.3) is 6.01 Å². The lowest BCUT2D eigenvalue weighted by Crippen LogP contribution is -2.43. The van der Waals surface area contributed by atoms with Crippen LogP contribution in [0.5, 0.6) is 0 Å². The summed E-state index contributed by atoms with van der Waals surface area (Å²) >= 11 is 0. The number of hydrogen-bond donors (Lipinski definition) is 1. The highest BCUT2D eigenvalue weighted by molar-refractivity contribution is 5.85. The maximum atomic E-state index is 12.5. The molecule has 0 aliphatic carbocycles. The zero-order valence-corrected chi connectivity index (χ0v) is 13.2. The van der Waals surface area contributed by atoms with Crippen molar-refractivity contribution in [3.63, 3.8) is 0 Å². The molecule has 3 heterocycles. The first kappa shape index (κ1) is 14.7. The van der Waals surface area contributed by atoms with Crippen molar-refractivity contribution < 1.29 is 13.6 Å². The Morgan fingerprint density at radius 2 is 2.21 bits per heavy atom. The number of aryl methyl sites for hydroxylation is 1. The van der Waals surface area contributed by atoms with Crippen molar-refractivity contribution in [3.8, 4) is 0 Å². The van der Waals surface area contributed by atoms with Gasteiger partial charge < -0.3 is 19.1 Å². The molecule has 1 atom stereocenters. The lowest BCUT2D eigenvalue weighted by Gasteiger charge is -2.21. The van der Waals surface area contributed by atoms with Gasteiger partial charge in [-0.2, -0.15) is 4.98 Å². The molecule has 0 bridgehead atoms. The molecule has 124 valence electrons. The minimum atomic E-state index is -0.304. The van der Waals surface area contributed by atoms with E-state index in [0.717, 1.165) is 30.5 Å². The third-order valence-corrected chi connectivity index (χ3v) is 4.07. The van der Waals surface area contributed by atoms with Crippen molar-refractivity contribution in [2.45, 2.75) is 32.4 Å². The number of carbonyl (C=O) groups excluding carboxylic acids is 1. The first-order valence-corrected chi connectivity index (χ1v) is 7.89. The van der Waals surface area contributed by atoms with Gasteiger partial charge in [0, 0.05) is 13.5 Å². The van der Waals surface area contributed by atoms with E-state index in [1.807, 2.05) is 29.2 Å². The molecule has 0 spiro atoms. The van der Waals surface area contributed by atoms with Gasteiger partial charge in [-0.3, -0.25) is 4.79 Å². The molecular weight excluding hydrogens is 310 g/mol. The number of nitrogens with zero attached hydrogens (tertiary/aromatic N) is 4. The molecule has 3 aromatic rings. The second-order valence-electron chi connectivity index (χ2n) is 5.75. The van der Waals surface area contributed by atoms with Crippen molar-refractivity contribution in [2.75, 3.05) is 11.4 Å². The number of hydrogen-bond acceptors (Lipinski definition) is 7. The van der Waals surface area contributed by atoms with Gasteiger partial charge in [0.15, 0.2) is 5.58 Å². The number of para-hydroxylation sites is 2. The Morgan fingerprint density at radius 1 is 1.33 bits per heavy atom. The first-order valence-electron chi connectivity index (χ1n) is 7.89. The number of fused-ring (bicyclic) bond motifs is 1. The number of rotatable bonds is 4. The van der Waals surface area contributed by atoms with E-state index in [4.69, 9.17) is 8.83 Å². The Kier molecular flexibility index (Phi) is 3.64. The number of aromatic nitrogens is 3. The van der Waals surface area contributed by atoms with E-state index in [-0.39, 0.29) is 18.5 Å². The maximum absolute atomic E-state index is 12.5. The number of oxazole rings is 1. The molecule has 1 aromatic carbocycles. The van der Waals surface area contributed by atoms with Gasteiger partial charge in [0.2, 0.25) is 17.7 Å². The van der Waals surface area contributed by atoms with E-state index in [1.54, 1.807) is 6.92 Å². The molecule has 1 amide bonds. The molecule has 1 aliphatic rings. The molecule has 1 saturated heterocycles. The van der Waals surface area contributed by atoms with Gasteiger partial charge in [-0.25, -0.2) is 0 Å². The molecular formula is C16H17N5O3. The van der Waals surface area contributed by atoms with Gasteiger partial charge in [0.05, 0.1) is 6.54 Å². The second-order valence-corrected chi connectivity index (χ2v) is 5.75. The highest BCUT2D eigenvalue weighted by Gasteiger charge is 2.33. The van der Waals surface area contributed by atoms with Crippen molar-refractivity contribution >= 4 is 23.0 Å². The van der Waals surface area contributed by atoms with E-state index >= 15 is 0 Å². The molecule has 1 N–H and O–H groups in total. The van der Waals surface area contributed by atoms with Gasteiger partial charge in [-0.05, 0) is 25.0 Å². The average molecular weight is 327 g/mol. The van der Waals surface area contributed by atoms with Crippen LogP contribution in [-0.2, 0) is 11.3 Å². The summed E-state index contributed by atoms with van der Waals surface area (Å²) in [6.07, 6.45) is 1.67. The molecule has 1 fully saturated rings. The van der Waals surface area contributed by atoms with E-state index < -0.39 is 0 Å². The van der Waals surface area contributed by atoms with Crippen molar-refractivity contribution in [1.82, 2.24) is 20.5 Å². The molecule has 1 unspecified atom stereocenters. The fourth-order valence-electron chi connectivity index (χ4n) is 2.94. The van der Waals surface area contributed by atoms with Crippen LogP contribution in [0.25, 0.3) is 11.1 Å². The van der Waals surface area contributed by atoms with Gasteiger partial charge in [0.1, 0.15) is 11.6 Å². The zero-order chi connectivity index (χ0) is 16.5. The number of nitrogens with one attached hydrogen (secondary N) is 1. The van der Waals surface area contributed by atoms with E-state index in [1.165, 1.54) is 0 Å². The molecule has 24 heavy (non-hydrogen) atoms. The van der Waals surface area contributed by atoms with Crippen LogP contribution in [0.1, 0.15) is 24.6 Å². The van der Waals surface area contributed by atoms with Crippen LogP contribution in [0.15, 0.2) is 33.1 Å². The molecule has 2 aromatic heterocycles. The molecule has 0 radical (unpaired) electrons. The average Bonchev–Trinajstić information content (AvgIpc) is 3.30. The molecule has 1 aliphatic heterocycles. The summed E-state index contributed by atoms with van der Waals surface area (Å²) in [5, 5.41) is 10.5. The highest BCUT2D eigenvalue weighted by atomic mass is 16.4. The topological polar surface area (TPSA) is 97.3 Å². The Hall–Kier alpha value is -2.90. The summed E-state index contributed by atoms with van der Waals surface area (Å²) in [7, 11) is 0. The summed E-state index contributed by atoms with van der Waals surface area (Å²) < 4.78 is 11.1. The number of benzene rings is 1. The fourth-order valence-corrected chi connectivity index (χ4v) is 2.94. The first-order chi connectivity index (χ1) is 11.7. The molecule has 8 heteroatoms. The van der Waals surface area contributed by atoms with E-state index in [0.29, 0.717) is 17.8 Å². The lowest BCUT2D eigenvalue weighted by atomic mass is 10.2. The summed E-state index contributed by atoms with van der Waals surface area (Å²) in [4.78, 5) is 18.9. The Morgan fingerprint density at radius 3 is 3.00 bits per heavy atom. The van der Waals surface area contributed by atoms with E-state index in [9.17, 15) is 4.79 Å². The normalized spacial score (nSPS) is 17.5. The predicted octanol–water partition coefficient (Wildman–Crippen LogP) is 1.80. The largest absolute Gasteiger partial charge is 0.424 e. The summed E-state index contributed by atoms with van der Waals surface area (Å²) in [5.74, 6) is 0.783. The van der Waals surface area contributed by atoms with Crippen LogP contribution in [0, 0.1) is 6.92 Å². The number of anilines is 1. The van der Waals surface area contributed by atoms with Gasteiger partial charge >= 0.3 is 0 Å². The molecule has 0 saturated carbocycles. The minimum absolute atomic E-state index is 0.0920. The lowest BCUT2D eigenvalue weighted by molar-refractivity contribution is -0.122. The predicted molar refractivity (Wildman–Crippen MR) is 85.3 cm³/mol. The summed E-state index contributed by atoms with van der Waals surface area (Å²) in [6, 6.07) is 7.76. The quantitative estimate of drug-likeness (QED) is 0.780. The Labute approximate surface area is 137 Å². The van der Waals surface area contributed by atoms with Crippen molar-refractivity contribution in [1.29, 1.82) is 0 Å². The monoisotopic (exact) mass is 327 g/mol. The highest BCUT2D eigenvalue weighted by Crippen LogP contribution is 2.28. The molecule has 8 nitrogen and oxygen atoms in total. The van der Waals surface area contributed by atoms with Crippen LogP contribution >= 0.6 is 0 Å². The fraction of sp³-hybridized carbons (Fsp3) is 0.375. The van der Waals surface area contributed by atoms with Crippen LogP contribution < -0.4 is 10.2 Å². The van der Waals surface area contributed by atoms with Crippen LogP contribution in [0.2, 0.25) is 0 Å². The summed E-state index contributed by atoms with van der Waals surface area (Å²) in [5.41, 5.74) is 1.51. The third-order valence-electron chi connectivity index (χ3n) is 4.07. The summed E-state index contributed by atoms with van der Waals surface area (Å²) in [6.45, 7) is 2.67. The Balaban J connectivity index is 1.48. The second kappa shape index (κ2) is 5.95. The Bertz CT molecular complexity index is 838. The van der Waals surface area contributed by atoms with Crippen LogP contribution in [0.3, 0.4) is 0 Å². The smallest absolute Gasteiger partial charge is 0.299 e. The van der Waals surface area contributed by atoms with Crippen LogP contribution in [0.4, 0.5) is 6.01 Å². The van der Waals surface area contributed by atoms with Gasteiger partial charge in [-0.1, -0.05) is 12.1 Å². The minimum Gasteiger partial charge on any atom is -0.424 e. The molecule has 4 rings (SSSR count). The standard InChI is InChI=1S/C16H17N5O3/c1-10-19-20-14(23-10)9-17-15(22)12-6-4-8-21(12)16-18-11-5-2-3-7-13(11)24-16/h2-3,5,7,12H,4,6,8-9H2,1H3,(H,17,22). The number of carbonyl (C=O) groups is 1. The zero-order valence-electron chi connectivity index (χ0n) is 13.2. The van der Waals surface area contributed by atoms with Crippen molar-refractivity contribution in [3.05, 3.63) is 36.0 Å². The SMILES string of the molecule is Cc1nnc(CNC(=O)C2CCCN2c2nc3ccccc3o2)o1. The third kappa shape index (κ3) is 2.70. The maximum Gasteiger partial charge on any atom is 0.299 e. The van der Waals surface area contributed by atoms with E-state index in [2.05, 4.69) is 20.5 Å². The number of amides is 1. The van der Waals surface area contributed by atoms with Gasteiger partial charge in [-0.15, -0.1) is 10.2 Å². The van der Waals surface area contributed by atoms with Crippen molar-refractivity contribution in [2.24, 2.45) is 0 Å². The van der Waals surface area contributed by atoms with Crippen LogP contribution in [-0.4, -0.2) is 33.7 Å².